The lowest BCUT2D eigenvalue weighted by molar-refractivity contribution is 0.0953. The van der Waals surface area contributed by atoms with Gasteiger partial charge in [0.1, 0.15) is 10.8 Å². The fourth-order valence-electron chi connectivity index (χ4n) is 2.64. The number of halogens is 1. The van der Waals surface area contributed by atoms with Crippen molar-refractivity contribution in [3.63, 3.8) is 0 Å². The summed E-state index contributed by atoms with van der Waals surface area (Å²) in [5.74, 6) is 0.0682. The van der Waals surface area contributed by atoms with Crippen molar-refractivity contribution in [3.8, 4) is 0 Å². The van der Waals surface area contributed by atoms with Gasteiger partial charge in [0.2, 0.25) is 0 Å². The number of benzene rings is 1. The highest BCUT2D eigenvalue weighted by Crippen LogP contribution is 2.47. The van der Waals surface area contributed by atoms with Crippen molar-refractivity contribution in [3.05, 3.63) is 62.9 Å². The Morgan fingerprint density at radius 3 is 2.55 bits per heavy atom. The Balaban J connectivity index is 0.00000117. The van der Waals surface area contributed by atoms with Crippen LogP contribution in [0.5, 0.6) is 0 Å². The van der Waals surface area contributed by atoms with E-state index in [-0.39, 0.29) is 11.7 Å². The van der Waals surface area contributed by atoms with Crippen LogP contribution in [0, 0.1) is 11.7 Å². The van der Waals surface area contributed by atoms with Crippen molar-refractivity contribution in [2.24, 2.45) is 10.9 Å². The van der Waals surface area contributed by atoms with Gasteiger partial charge in [-0.1, -0.05) is 39.5 Å². The summed E-state index contributed by atoms with van der Waals surface area (Å²) in [4.78, 5) is 21.1. The minimum absolute atomic E-state index is 0.0635. The number of thiophene rings is 2. The summed E-state index contributed by atoms with van der Waals surface area (Å²) < 4.78 is 13.3. The molecule has 1 aliphatic rings. The van der Waals surface area contributed by atoms with Crippen LogP contribution in [-0.4, -0.2) is 18.2 Å². The number of nitrogens with one attached hydrogen (secondary N) is 1. The van der Waals surface area contributed by atoms with Crippen LogP contribution in [-0.2, 0) is 0 Å². The second-order valence-electron chi connectivity index (χ2n) is 6.57. The number of nitrogens with zero attached hydrogens (tertiary/aromatic N) is 1. The van der Waals surface area contributed by atoms with Crippen molar-refractivity contribution in [1.82, 2.24) is 5.32 Å². The minimum Gasteiger partial charge on any atom is -0.351 e. The van der Waals surface area contributed by atoms with Gasteiger partial charge < -0.3 is 5.32 Å². The molecule has 3 heterocycles. The second-order valence-corrected chi connectivity index (χ2v) is 9.60. The lowest BCUT2D eigenvalue weighted by Crippen LogP contribution is -2.26. The fraction of sp³-hybridized carbons (Fsp3) is 0.273. The number of amides is 1. The van der Waals surface area contributed by atoms with E-state index >= 15 is 0 Å². The predicted molar refractivity (Wildman–Crippen MR) is 123 cm³/mol. The summed E-state index contributed by atoms with van der Waals surface area (Å²) in [6, 6.07) is 10.4. The van der Waals surface area contributed by atoms with Crippen LogP contribution in [0.15, 0.2) is 56.6 Å². The molecule has 0 fully saturated rings. The number of fused-ring (bicyclic) bond motifs is 2. The Morgan fingerprint density at radius 2 is 1.86 bits per heavy atom. The molecule has 152 valence electrons. The third-order valence-electron chi connectivity index (χ3n) is 3.97. The Hall–Kier alpha value is -1.96. The molecule has 1 aromatic carbocycles. The molecule has 1 aliphatic heterocycles. The molecule has 0 saturated carbocycles. The second kappa shape index (κ2) is 9.69. The number of carbonyl (C=O) groups excluding carboxylic acids is 1. The van der Waals surface area contributed by atoms with Crippen LogP contribution in [0.25, 0.3) is 0 Å². The van der Waals surface area contributed by atoms with E-state index < -0.39 is 0 Å². The number of carbonyl (C=O) groups is 1. The predicted octanol–water partition coefficient (Wildman–Crippen LogP) is 6.99. The quantitative estimate of drug-likeness (QED) is 0.367. The molecule has 3 aromatic rings. The third-order valence-corrected chi connectivity index (χ3v) is 7.27. The molecule has 0 unspecified atom stereocenters. The average Bonchev–Trinajstić information content (AvgIpc) is 3.31. The largest absolute Gasteiger partial charge is 0.351 e. The molecule has 4 rings (SSSR count). The van der Waals surface area contributed by atoms with E-state index in [1.165, 1.54) is 23.5 Å². The van der Waals surface area contributed by atoms with Gasteiger partial charge in [0.15, 0.2) is 0 Å². The molecule has 0 bridgehead atoms. The van der Waals surface area contributed by atoms with Gasteiger partial charge in [0, 0.05) is 21.9 Å². The van der Waals surface area contributed by atoms with Gasteiger partial charge in [0.05, 0.1) is 15.5 Å². The van der Waals surface area contributed by atoms with Gasteiger partial charge >= 0.3 is 0 Å². The lowest BCUT2D eigenvalue weighted by Gasteiger charge is -2.06. The Bertz CT molecular complexity index is 1020. The first-order chi connectivity index (χ1) is 14.0. The number of hydrogen-bond acceptors (Lipinski definition) is 5. The van der Waals surface area contributed by atoms with Crippen molar-refractivity contribution in [2.75, 3.05) is 6.54 Å². The first kappa shape index (κ1) is 21.7. The van der Waals surface area contributed by atoms with Crippen molar-refractivity contribution in [2.45, 2.75) is 37.5 Å². The molecule has 2 aromatic heterocycles. The van der Waals surface area contributed by atoms with Gasteiger partial charge in [-0.3, -0.25) is 4.79 Å². The van der Waals surface area contributed by atoms with E-state index in [1.807, 2.05) is 25.3 Å². The minimum atomic E-state index is -0.269. The van der Waals surface area contributed by atoms with Crippen LogP contribution < -0.4 is 5.32 Å². The van der Waals surface area contributed by atoms with E-state index in [9.17, 15) is 9.18 Å². The summed E-state index contributed by atoms with van der Waals surface area (Å²) in [7, 11) is 0. The zero-order valence-electron chi connectivity index (χ0n) is 16.8. The summed E-state index contributed by atoms with van der Waals surface area (Å²) in [5.41, 5.74) is 1.69. The normalized spacial score (nSPS) is 12.3. The number of rotatable bonds is 4. The molecule has 0 aliphatic carbocycles. The summed E-state index contributed by atoms with van der Waals surface area (Å²) >= 11 is 4.64. The van der Waals surface area contributed by atoms with E-state index in [0.717, 1.165) is 30.9 Å². The monoisotopic (exact) mass is 446 g/mol. The Morgan fingerprint density at radius 1 is 1.14 bits per heavy atom. The molecule has 7 heteroatoms. The fourth-order valence-corrected chi connectivity index (χ4v) is 5.83. The van der Waals surface area contributed by atoms with Crippen LogP contribution in [0.3, 0.4) is 0 Å². The third kappa shape index (κ3) is 4.97. The van der Waals surface area contributed by atoms with Crippen LogP contribution in [0.2, 0.25) is 0 Å². The van der Waals surface area contributed by atoms with Gasteiger partial charge in [-0.15, -0.1) is 22.7 Å². The molecule has 0 spiro atoms. The highest BCUT2D eigenvalue weighted by atomic mass is 32.2. The molecule has 29 heavy (non-hydrogen) atoms. The standard InChI is InChI=1S/C20H17FN2OS3.C2H6/c1-11(2)10-22-19(24)15-9-16-20(27-15)23-17(12-3-5-13(21)6-4-12)18-14(26-16)7-8-25-18;1-2/h3-9,11H,10H2,1-2H3,(H,22,24);1-2H3. The summed E-state index contributed by atoms with van der Waals surface area (Å²) in [5, 5.41) is 5.81. The van der Waals surface area contributed by atoms with Crippen molar-refractivity contribution < 1.29 is 9.18 Å². The summed E-state index contributed by atoms with van der Waals surface area (Å²) in [6.07, 6.45) is 0. The number of hydrogen-bond donors (Lipinski definition) is 1. The lowest BCUT2D eigenvalue weighted by atomic mass is 10.1. The van der Waals surface area contributed by atoms with Gasteiger partial charge in [-0.05, 0) is 47.7 Å². The zero-order chi connectivity index (χ0) is 21.0. The first-order valence-electron chi connectivity index (χ1n) is 9.53. The molecule has 0 radical (unpaired) electrons. The molecule has 3 nitrogen and oxygen atoms in total. The van der Waals surface area contributed by atoms with E-state index in [4.69, 9.17) is 4.99 Å². The van der Waals surface area contributed by atoms with E-state index in [1.54, 1.807) is 35.2 Å². The smallest absolute Gasteiger partial charge is 0.261 e. The zero-order valence-corrected chi connectivity index (χ0v) is 19.2. The molecule has 0 atom stereocenters. The van der Waals surface area contributed by atoms with Gasteiger partial charge in [-0.2, -0.15) is 0 Å². The SMILES string of the molecule is CC.CC(C)CNC(=O)c1cc2c(s1)N=C(c1ccc(F)cc1)c1sccc1S2. The Labute approximate surface area is 183 Å². The Kier molecular flexibility index (Phi) is 7.27. The molecule has 1 N–H and O–H groups in total. The first-order valence-corrected chi connectivity index (χ1v) is 12.0. The molecular formula is C22H23FN2OS3. The van der Waals surface area contributed by atoms with E-state index in [0.29, 0.717) is 17.3 Å². The highest BCUT2D eigenvalue weighted by molar-refractivity contribution is 8.00. The molecule has 0 saturated heterocycles. The maximum Gasteiger partial charge on any atom is 0.261 e. The van der Waals surface area contributed by atoms with E-state index in [2.05, 4.69) is 25.2 Å². The highest BCUT2D eigenvalue weighted by Gasteiger charge is 2.23. The maximum absolute atomic E-state index is 13.3. The molecular weight excluding hydrogens is 423 g/mol. The maximum atomic E-state index is 13.3. The van der Waals surface area contributed by atoms with Crippen molar-refractivity contribution in [1.29, 1.82) is 0 Å². The van der Waals surface area contributed by atoms with Crippen LogP contribution >= 0.6 is 34.4 Å². The van der Waals surface area contributed by atoms with Crippen molar-refractivity contribution >= 4 is 51.1 Å². The number of aliphatic imine (C=N–C) groups is 1. The van der Waals surface area contributed by atoms with Crippen LogP contribution in [0.4, 0.5) is 9.39 Å². The summed E-state index contributed by atoms with van der Waals surface area (Å²) in [6.45, 7) is 8.78. The van der Waals surface area contributed by atoms with Crippen LogP contribution in [0.1, 0.15) is 47.8 Å². The topological polar surface area (TPSA) is 41.5 Å². The average molecular weight is 447 g/mol. The molecule has 1 amide bonds. The van der Waals surface area contributed by atoms with Gasteiger partial charge in [0.25, 0.3) is 5.91 Å². The van der Waals surface area contributed by atoms with Gasteiger partial charge in [-0.25, -0.2) is 9.38 Å².